The Bertz CT molecular complexity index is 301. The number of hydrogen-bond acceptors (Lipinski definition) is 2. The second-order valence-corrected chi connectivity index (χ2v) is 6.59. The summed E-state index contributed by atoms with van der Waals surface area (Å²) in [6, 6.07) is 0.277. The van der Waals surface area contributed by atoms with Crippen LogP contribution in [0.4, 0.5) is 0 Å². The number of carbonyl (C=O) groups is 1. The molecule has 2 N–H and O–H groups in total. The smallest absolute Gasteiger partial charge is 0.237 e. The molecule has 2 fully saturated rings. The van der Waals surface area contributed by atoms with Crippen molar-refractivity contribution in [3.8, 4) is 0 Å². The molecule has 0 aliphatic heterocycles. The van der Waals surface area contributed by atoms with E-state index in [0.717, 1.165) is 37.1 Å². The summed E-state index contributed by atoms with van der Waals surface area (Å²) in [6.07, 6.45) is 7.74. The molecule has 19 heavy (non-hydrogen) atoms. The molecule has 2 bridgehead atoms. The monoisotopic (exact) mass is 266 g/mol. The molecule has 110 valence electrons. The van der Waals surface area contributed by atoms with Gasteiger partial charge in [0.15, 0.2) is 0 Å². The van der Waals surface area contributed by atoms with Crippen LogP contribution in [0.25, 0.3) is 0 Å². The molecule has 4 atom stereocenters. The average molecular weight is 266 g/mol. The summed E-state index contributed by atoms with van der Waals surface area (Å²) in [5, 5.41) is 6.57. The van der Waals surface area contributed by atoms with Gasteiger partial charge in [-0.1, -0.05) is 20.3 Å². The van der Waals surface area contributed by atoms with Gasteiger partial charge >= 0.3 is 0 Å². The molecule has 0 aromatic heterocycles. The van der Waals surface area contributed by atoms with Gasteiger partial charge in [0, 0.05) is 6.04 Å². The fraction of sp³-hybridized carbons (Fsp3) is 0.938. The van der Waals surface area contributed by atoms with Crippen molar-refractivity contribution in [1.29, 1.82) is 0 Å². The van der Waals surface area contributed by atoms with E-state index in [1.54, 1.807) is 0 Å². The maximum absolute atomic E-state index is 12.1. The number of rotatable bonds is 7. The van der Waals surface area contributed by atoms with Gasteiger partial charge in [0.1, 0.15) is 0 Å². The zero-order valence-corrected chi connectivity index (χ0v) is 12.7. The predicted octanol–water partition coefficient (Wildman–Crippen LogP) is 2.71. The molecule has 4 unspecified atom stereocenters. The molecule has 0 aromatic rings. The second kappa shape index (κ2) is 6.74. The number of carbonyl (C=O) groups excluding carboxylic acids is 1. The maximum atomic E-state index is 12.1. The fourth-order valence-corrected chi connectivity index (χ4v) is 3.87. The molecule has 0 radical (unpaired) electrons. The molecule has 0 aromatic carbocycles. The SMILES string of the molecule is CCC(CC)NC(=O)C(C)NCC1CC2CCC1C2. The minimum atomic E-state index is -0.0558. The lowest BCUT2D eigenvalue weighted by Crippen LogP contribution is -2.47. The Morgan fingerprint density at radius 1 is 1.21 bits per heavy atom. The molecular weight excluding hydrogens is 236 g/mol. The lowest BCUT2D eigenvalue weighted by molar-refractivity contribution is -0.123. The molecule has 2 aliphatic carbocycles. The third-order valence-electron chi connectivity index (χ3n) is 5.30. The third-order valence-corrected chi connectivity index (χ3v) is 5.30. The largest absolute Gasteiger partial charge is 0.352 e. The van der Waals surface area contributed by atoms with E-state index in [1.165, 1.54) is 25.7 Å². The van der Waals surface area contributed by atoms with Crippen molar-refractivity contribution in [3.05, 3.63) is 0 Å². The van der Waals surface area contributed by atoms with Gasteiger partial charge in [-0.05, 0) is 63.3 Å². The summed E-state index contributed by atoms with van der Waals surface area (Å²) >= 11 is 0. The summed E-state index contributed by atoms with van der Waals surface area (Å²) in [5.74, 6) is 2.91. The first-order valence-corrected chi connectivity index (χ1v) is 8.17. The van der Waals surface area contributed by atoms with Gasteiger partial charge in [-0.15, -0.1) is 0 Å². The highest BCUT2D eigenvalue weighted by Crippen LogP contribution is 2.47. The van der Waals surface area contributed by atoms with E-state index in [1.807, 2.05) is 6.92 Å². The van der Waals surface area contributed by atoms with Crippen molar-refractivity contribution in [2.75, 3.05) is 6.54 Å². The zero-order valence-electron chi connectivity index (χ0n) is 12.7. The van der Waals surface area contributed by atoms with Crippen LogP contribution in [0.3, 0.4) is 0 Å². The Morgan fingerprint density at radius 3 is 2.47 bits per heavy atom. The van der Waals surface area contributed by atoms with Crippen LogP contribution in [0.15, 0.2) is 0 Å². The molecule has 3 heteroatoms. The molecule has 2 saturated carbocycles. The quantitative estimate of drug-likeness (QED) is 0.744. The predicted molar refractivity (Wildman–Crippen MR) is 78.9 cm³/mol. The van der Waals surface area contributed by atoms with Gasteiger partial charge < -0.3 is 10.6 Å². The Morgan fingerprint density at radius 2 is 1.95 bits per heavy atom. The van der Waals surface area contributed by atoms with Crippen LogP contribution in [0.1, 0.15) is 59.3 Å². The lowest BCUT2D eigenvalue weighted by atomic mass is 9.89. The molecule has 0 heterocycles. The van der Waals surface area contributed by atoms with Crippen molar-refractivity contribution in [2.24, 2.45) is 17.8 Å². The van der Waals surface area contributed by atoms with Crippen molar-refractivity contribution < 1.29 is 4.79 Å². The van der Waals surface area contributed by atoms with Gasteiger partial charge in [-0.2, -0.15) is 0 Å². The van der Waals surface area contributed by atoms with Crippen LogP contribution in [0, 0.1) is 17.8 Å². The number of hydrogen-bond donors (Lipinski definition) is 2. The third kappa shape index (κ3) is 3.71. The highest BCUT2D eigenvalue weighted by Gasteiger charge is 2.39. The van der Waals surface area contributed by atoms with Crippen LogP contribution in [0.5, 0.6) is 0 Å². The zero-order chi connectivity index (χ0) is 13.8. The van der Waals surface area contributed by atoms with Crippen molar-refractivity contribution in [3.63, 3.8) is 0 Å². The summed E-state index contributed by atoms with van der Waals surface area (Å²) in [7, 11) is 0. The van der Waals surface area contributed by atoms with Crippen LogP contribution in [-0.4, -0.2) is 24.5 Å². The van der Waals surface area contributed by atoms with E-state index in [0.29, 0.717) is 6.04 Å². The van der Waals surface area contributed by atoms with E-state index in [4.69, 9.17) is 0 Å². The van der Waals surface area contributed by atoms with Crippen molar-refractivity contribution in [1.82, 2.24) is 10.6 Å². The Kier molecular flexibility index (Phi) is 5.26. The normalized spacial score (nSPS) is 30.8. The average Bonchev–Trinajstić information content (AvgIpc) is 3.04. The number of fused-ring (bicyclic) bond motifs is 2. The van der Waals surface area contributed by atoms with Crippen molar-refractivity contribution >= 4 is 5.91 Å². The van der Waals surface area contributed by atoms with Crippen LogP contribution >= 0.6 is 0 Å². The maximum Gasteiger partial charge on any atom is 0.237 e. The highest BCUT2D eigenvalue weighted by molar-refractivity contribution is 5.81. The van der Waals surface area contributed by atoms with E-state index < -0.39 is 0 Å². The highest BCUT2D eigenvalue weighted by atomic mass is 16.2. The molecule has 1 amide bonds. The van der Waals surface area contributed by atoms with Crippen LogP contribution < -0.4 is 10.6 Å². The van der Waals surface area contributed by atoms with Gasteiger partial charge in [0.25, 0.3) is 0 Å². The Labute approximate surface area is 117 Å². The second-order valence-electron chi connectivity index (χ2n) is 6.59. The first-order valence-electron chi connectivity index (χ1n) is 8.17. The Hall–Kier alpha value is -0.570. The van der Waals surface area contributed by atoms with E-state index in [2.05, 4.69) is 24.5 Å². The molecule has 0 saturated heterocycles. The molecule has 2 rings (SSSR count). The van der Waals surface area contributed by atoms with Gasteiger partial charge in [0.05, 0.1) is 6.04 Å². The summed E-state index contributed by atoms with van der Waals surface area (Å²) in [6.45, 7) is 7.27. The molecular formula is C16H30N2O. The first kappa shape index (κ1) is 14.8. The van der Waals surface area contributed by atoms with E-state index in [-0.39, 0.29) is 11.9 Å². The van der Waals surface area contributed by atoms with Crippen LogP contribution in [0.2, 0.25) is 0 Å². The molecule has 3 nitrogen and oxygen atoms in total. The number of amides is 1. The van der Waals surface area contributed by atoms with Gasteiger partial charge in [0.2, 0.25) is 5.91 Å². The molecule has 0 spiro atoms. The number of nitrogens with one attached hydrogen (secondary N) is 2. The van der Waals surface area contributed by atoms with Crippen molar-refractivity contribution in [2.45, 2.75) is 71.4 Å². The van der Waals surface area contributed by atoms with Gasteiger partial charge in [-0.25, -0.2) is 0 Å². The minimum Gasteiger partial charge on any atom is -0.352 e. The standard InChI is InChI=1S/C16H30N2O/c1-4-15(5-2)18-16(19)11(3)17-10-14-9-12-6-7-13(14)8-12/h11-15,17H,4-10H2,1-3H3,(H,18,19). The van der Waals surface area contributed by atoms with E-state index in [9.17, 15) is 4.79 Å². The van der Waals surface area contributed by atoms with Gasteiger partial charge in [-0.3, -0.25) is 4.79 Å². The topological polar surface area (TPSA) is 41.1 Å². The Balaban J connectivity index is 1.69. The van der Waals surface area contributed by atoms with E-state index >= 15 is 0 Å². The van der Waals surface area contributed by atoms with Crippen LogP contribution in [-0.2, 0) is 4.79 Å². The lowest BCUT2D eigenvalue weighted by Gasteiger charge is -2.25. The fourth-order valence-electron chi connectivity index (χ4n) is 3.87. The summed E-state index contributed by atoms with van der Waals surface area (Å²) in [5.41, 5.74) is 0. The summed E-state index contributed by atoms with van der Waals surface area (Å²) < 4.78 is 0. The molecule has 2 aliphatic rings. The minimum absolute atomic E-state index is 0.0558. The summed E-state index contributed by atoms with van der Waals surface area (Å²) in [4.78, 5) is 12.1. The first-order chi connectivity index (χ1) is 9.13.